The second-order valence-electron chi connectivity index (χ2n) is 4.39. The van der Waals surface area contributed by atoms with Crippen molar-refractivity contribution in [2.45, 2.75) is 6.42 Å². The first kappa shape index (κ1) is 18.0. The SMILES string of the molecule is COCCCN(CCO)C(=O)/C=C/c1ccc(Cl)cc1Cl. The molecule has 0 spiro atoms. The summed E-state index contributed by atoms with van der Waals surface area (Å²) in [5.74, 6) is -0.175. The highest BCUT2D eigenvalue weighted by Crippen LogP contribution is 2.22. The number of hydrogen-bond donors (Lipinski definition) is 1. The Kier molecular flexibility index (Phi) is 8.38. The molecule has 0 aliphatic heterocycles. The number of aliphatic hydroxyl groups excluding tert-OH is 1. The van der Waals surface area contributed by atoms with Crippen molar-refractivity contribution < 1.29 is 14.6 Å². The summed E-state index contributed by atoms with van der Waals surface area (Å²) in [6.45, 7) is 1.32. The van der Waals surface area contributed by atoms with E-state index in [-0.39, 0.29) is 12.5 Å². The van der Waals surface area contributed by atoms with Crippen molar-refractivity contribution in [1.82, 2.24) is 4.90 Å². The van der Waals surface area contributed by atoms with Gasteiger partial charge in [-0.1, -0.05) is 29.3 Å². The first-order valence-electron chi connectivity index (χ1n) is 6.60. The first-order chi connectivity index (χ1) is 10.1. The number of carbonyl (C=O) groups excluding carboxylic acids is 1. The van der Waals surface area contributed by atoms with E-state index in [4.69, 9.17) is 33.0 Å². The van der Waals surface area contributed by atoms with E-state index in [1.54, 1.807) is 36.3 Å². The van der Waals surface area contributed by atoms with Gasteiger partial charge in [0.15, 0.2) is 0 Å². The van der Waals surface area contributed by atoms with Crippen molar-refractivity contribution in [3.05, 3.63) is 39.9 Å². The fourth-order valence-electron chi connectivity index (χ4n) is 1.76. The molecule has 4 nitrogen and oxygen atoms in total. The predicted molar refractivity (Wildman–Crippen MR) is 85.7 cm³/mol. The molecule has 1 amide bonds. The second-order valence-corrected chi connectivity index (χ2v) is 5.24. The topological polar surface area (TPSA) is 49.8 Å². The van der Waals surface area contributed by atoms with Crippen LogP contribution in [0, 0.1) is 0 Å². The largest absolute Gasteiger partial charge is 0.395 e. The van der Waals surface area contributed by atoms with Crippen LogP contribution in [0.1, 0.15) is 12.0 Å². The lowest BCUT2D eigenvalue weighted by Gasteiger charge is -2.19. The van der Waals surface area contributed by atoms with Gasteiger partial charge in [0.25, 0.3) is 0 Å². The van der Waals surface area contributed by atoms with E-state index in [9.17, 15) is 4.79 Å². The molecule has 1 aromatic carbocycles. The normalized spacial score (nSPS) is 11.0. The molecule has 0 radical (unpaired) electrons. The first-order valence-corrected chi connectivity index (χ1v) is 7.36. The van der Waals surface area contributed by atoms with Crippen LogP contribution in [0.15, 0.2) is 24.3 Å². The number of rotatable bonds is 8. The molecule has 1 aromatic rings. The quantitative estimate of drug-likeness (QED) is 0.588. The zero-order chi connectivity index (χ0) is 15.7. The summed E-state index contributed by atoms with van der Waals surface area (Å²) in [5.41, 5.74) is 0.718. The molecule has 1 N–H and O–H groups in total. The van der Waals surface area contributed by atoms with Gasteiger partial charge in [-0.05, 0) is 30.2 Å². The maximum atomic E-state index is 12.1. The highest BCUT2D eigenvalue weighted by Gasteiger charge is 2.09. The predicted octanol–water partition coefficient (Wildman–Crippen LogP) is 2.86. The van der Waals surface area contributed by atoms with E-state index in [0.29, 0.717) is 29.7 Å². The monoisotopic (exact) mass is 331 g/mol. The minimum absolute atomic E-state index is 0.0751. The Bertz CT molecular complexity index is 492. The molecule has 0 aliphatic carbocycles. The number of aliphatic hydroxyl groups is 1. The minimum atomic E-state index is -0.175. The average Bonchev–Trinajstić information content (AvgIpc) is 2.45. The van der Waals surface area contributed by atoms with Gasteiger partial charge in [0.05, 0.1) is 6.61 Å². The number of hydrogen-bond acceptors (Lipinski definition) is 3. The number of benzene rings is 1. The molecule has 0 aromatic heterocycles. The number of halogens is 2. The van der Waals surface area contributed by atoms with E-state index in [1.807, 2.05) is 0 Å². The highest BCUT2D eigenvalue weighted by molar-refractivity contribution is 6.35. The van der Waals surface area contributed by atoms with Crippen LogP contribution >= 0.6 is 23.2 Å². The highest BCUT2D eigenvalue weighted by atomic mass is 35.5. The van der Waals surface area contributed by atoms with Crippen LogP contribution < -0.4 is 0 Å². The maximum Gasteiger partial charge on any atom is 0.246 e. The summed E-state index contributed by atoms with van der Waals surface area (Å²) in [7, 11) is 1.61. The molecule has 21 heavy (non-hydrogen) atoms. The summed E-state index contributed by atoms with van der Waals surface area (Å²) in [5, 5.41) is 10.0. The Labute approximate surface area is 134 Å². The van der Waals surface area contributed by atoms with Crippen LogP contribution in [0.5, 0.6) is 0 Å². The summed E-state index contributed by atoms with van der Waals surface area (Å²) >= 11 is 11.9. The van der Waals surface area contributed by atoms with Crippen molar-refractivity contribution in [3.8, 4) is 0 Å². The Hall–Kier alpha value is -1.07. The molecule has 1 rings (SSSR count). The lowest BCUT2D eigenvalue weighted by Crippen LogP contribution is -2.33. The van der Waals surface area contributed by atoms with E-state index in [1.165, 1.54) is 6.08 Å². The van der Waals surface area contributed by atoms with Crippen molar-refractivity contribution in [2.24, 2.45) is 0 Å². The van der Waals surface area contributed by atoms with Gasteiger partial charge < -0.3 is 14.7 Å². The lowest BCUT2D eigenvalue weighted by atomic mass is 10.2. The fraction of sp³-hybridized carbons (Fsp3) is 0.400. The number of carbonyl (C=O) groups is 1. The minimum Gasteiger partial charge on any atom is -0.395 e. The van der Waals surface area contributed by atoms with Gasteiger partial charge >= 0.3 is 0 Å². The number of ether oxygens (including phenoxy) is 1. The average molecular weight is 332 g/mol. The Balaban J connectivity index is 2.68. The smallest absolute Gasteiger partial charge is 0.246 e. The number of methoxy groups -OCH3 is 1. The molecule has 116 valence electrons. The summed E-state index contributed by atoms with van der Waals surface area (Å²) in [6.07, 6.45) is 3.80. The maximum absolute atomic E-state index is 12.1. The summed E-state index contributed by atoms with van der Waals surface area (Å²) < 4.78 is 4.96. The van der Waals surface area contributed by atoms with Crippen LogP contribution in [-0.2, 0) is 9.53 Å². The van der Waals surface area contributed by atoms with Crippen molar-refractivity contribution >= 4 is 35.2 Å². The fourth-order valence-corrected chi connectivity index (χ4v) is 2.23. The van der Waals surface area contributed by atoms with Crippen LogP contribution in [0.25, 0.3) is 6.08 Å². The molecule has 0 saturated heterocycles. The third kappa shape index (κ3) is 6.48. The van der Waals surface area contributed by atoms with Gasteiger partial charge in [0.1, 0.15) is 0 Å². The molecule has 0 bridgehead atoms. The molecule has 0 aliphatic rings. The Morgan fingerprint density at radius 1 is 1.38 bits per heavy atom. The van der Waals surface area contributed by atoms with Gasteiger partial charge in [-0.2, -0.15) is 0 Å². The Morgan fingerprint density at radius 3 is 2.76 bits per heavy atom. The van der Waals surface area contributed by atoms with Crippen molar-refractivity contribution in [3.63, 3.8) is 0 Å². The zero-order valence-corrected chi connectivity index (χ0v) is 13.4. The molecular weight excluding hydrogens is 313 g/mol. The van der Waals surface area contributed by atoms with E-state index in [0.717, 1.165) is 12.0 Å². The van der Waals surface area contributed by atoms with E-state index < -0.39 is 0 Å². The Morgan fingerprint density at radius 2 is 2.14 bits per heavy atom. The molecule has 0 fully saturated rings. The van der Waals surface area contributed by atoms with Gasteiger partial charge in [0, 0.05) is 42.9 Å². The van der Waals surface area contributed by atoms with Gasteiger partial charge in [0.2, 0.25) is 5.91 Å². The standard InChI is InChI=1S/C15H19Cl2NO3/c1-21-10-2-7-18(8-9-19)15(20)6-4-12-3-5-13(16)11-14(12)17/h3-6,11,19H,2,7-10H2,1H3/b6-4+. The van der Waals surface area contributed by atoms with Crippen molar-refractivity contribution in [1.29, 1.82) is 0 Å². The molecule has 0 unspecified atom stereocenters. The lowest BCUT2D eigenvalue weighted by molar-refractivity contribution is -0.126. The van der Waals surface area contributed by atoms with Gasteiger partial charge in [-0.15, -0.1) is 0 Å². The van der Waals surface area contributed by atoms with Crippen molar-refractivity contribution in [2.75, 3.05) is 33.4 Å². The van der Waals surface area contributed by atoms with Crippen LogP contribution in [-0.4, -0.2) is 49.3 Å². The third-order valence-corrected chi connectivity index (χ3v) is 3.39. The van der Waals surface area contributed by atoms with Crippen LogP contribution in [0.3, 0.4) is 0 Å². The van der Waals surface area contributed by atoms with Gasteiger partial charge in [-0.3, -0.25) is 4.79 Å². The number of nitrogens with zero attached hydrogens (tertiary/aromatic N) is 1. The second kappa shape index (κ2) is 9.79. The summed E-state index contributed by atoms with van der Waals surface area (Å²) in [6, 6.07) is 5.08. The van der Waals surface area contributed by atoms with Gasteiger partial charge in [-0.25, -0.2) is 0 Å². The third-order valence-electron chi connectivity index (χ3n) is 2.83. The molecular formula is C15H19Cl2NO3. The zero-order valence-electron chi connectivity index (χ0n) is 11.9. The van der Waals surface area contributed by atoms with Crippen LogP contribution in [0.4, 0.5) is 0 Å². The summed E-state index contributed by atoms with van der Waals surface area (Å²) in [4.78, 5) is 13.7. The van der Waals surface area contributed by atoms with Crippen LogP contribution in [0.2, 0.25) is 10.0 Å². The molecule has 6 heteroatoms. The molecule has 0 saturated carbocycles. The molecule has 0 heterocycles. The number of amides is 1. The van der Waals surface area contributed by atoms with E-state index >= 15 is 0 Å². The van der Waals surface area contributed by atoms with E-state index in [2.05, 4.69) is 0 Å². The molecule has 0 atom stereocenters.